The van der Waals surface area contributed by atoms with Crippen LogP contribution in [0.1, 0.15) is 30.9 Å². The first-order valence-electron chi connectivity index (χ1n) is 8.32. The number of sulfonamides is 1. The summed E-state index contributed by atoms with van der Waals surface area (Å²) in [5, 5.41) is 3.88. The maximum Gasteiger partial charge on any atom is 0.260 e. The van der Waals surface area contributed by atoms with Gasteiger partial charge in [0.15, 0.2) is 0 Å². The van der Waals surface area contributed by atoms with Gasteiger partial charge in [-0.1, -0.05) is 54.0 Å². The molecule has 2 aromatic carbocycles. The lowest BCUT2D eigenvalue weighted by molar-refractivity contribution is -0.119. The molecule has 0 heterocycles. The van der Waals surface area contributed by atoms with Crippen LogP contribution in [0.25, 0.3) is 0 Å². The van der Waals surface area contributed by atoms with Crippen LogP contribution >= 0.6 is 15.9 Å². The maximum atomic E-state index is 12.2. The summed E-state index contributed by atoms with van der Waals surface area (Å²) in [7, 11) is -3.61. The van der Waals surface area contributed by atoms with Crippen LogP contribution in [-0.4, -0.2) is 33.3 Å². The standard InChI is InChI=1S/C19H22BrN3O3S/c1-14(2)16-6-10-18(11-7-16)23(27(3,25)26)13-19(24)22-21-12-15-4-8-17(20)9-5-15/h4-12,14H,13H2,1-3H3,(H,22,24)/b21-12-. The molecule has 1 N–H and O–H groups in total. The first-order valence-corrected chi connectivity index (χ1v) is 11.0. The van der Waals surface area contributed by atoms with E-state index in [2.05, 4.69) is 40.3 Å². The molecule has 0 atom stereocenters. The minimum Gasteiger partial charge on any atom is -0.271 e. The van der Waals surface area contributed by atoms with Crippen LogP contribution in [0.4, 0.5) is 5.69 Å². The Balaban J connectivity index is 2.07. The van der Waals surface area contributed by atoms with E-state index in [1.807, 2.05) is 36.4 Å². The van der Waals surface area contributed by atoms with E-state index < -0.39 is 15.9 Å². The highest BCUT2D eigenvalue weighted by Crippen LogP contribution is 2.21. The van der Waals surface area contributed by atoms with Gasteiger partial charge in [-0.3, -0.25) is 9.10 Å². The zero-order chi connectivity index (χ0) is 20.0. The van der Waals surface area contributed by atoms with Crippen molar-refractivity contribution in [3.63, 3.8) is 0 Å². The molecule has 0 aliphatic rings. The van der Waals surface area contributed by atoms with Gasteiger partial charge in [0, 0.05) is 4.47 Å². The fraction of sp³-hybridized carbons (Fsp3) is 0.263. The van der Waals surface area contributed by atoms with Crippen molar-refractivity contribution in [1.29, 1.82) is 0 Å². The third kappa shape index (κ3) is 6.48. The molecule has 0 aromatic heterocycles. The van der Waals surface area contributed by atoms with Gasteiger partial charge in [0.1, 0.15) is 6.54 Å². The van der Waals surface area contributed by atoms with Crippen LogP contribution in [0, 0.1) is 0 Å². The van der Waals surface area contributed by atoms with Gasteiger partial charge >= 0.3 is 0 Å². The fourth-order valence-corrected chi connectivity index (χ4v) is 3.44. The minimum atomic E-state index is -3.61. The van der Waals surface area contributed by atoms with Crippen LogP contribution in [0.5, 0.6) is 0 Å². The maximum absolute atomic E-state index is 12.2. The van der Waals surface area contributed by atoms with E-state index in [4.69, 9.17) is 0 Å². The third-order valence-corrected chi connectivity index (χ3v) is 5.48. The second-order valence-corrected chi connectivity index (χ2v) is 9.18. The van der Waals surface area contributed by atoms with Gasteiger partial charge in [-0.05, 0) is 41.3 Å². The van der Waals surface area contributed by atoms with Crippen molar-refractivity contribution in [2.75, 3.05) is 17.1 Å². The number of hydrogen-bond donors (Lipinski definition) is 1. The Bertz CT molecular complexity index is 908. The van der Waals surface area contributed by atoms with Crippen molar-refractivity contribution in [3.8, 4) is 0 Å². The molecule has 0 aliphatic heterocycles. The molecule has 0 unspecified atom stereocenters. The van der Waals surface area contributed by atoms with Gasteiger partial charge in [-0.25, -0.2) is 13.8 Å². The van der Waals surface area contributed by atoms with E-state index in [9.17, 15) is 13.2 Å². The quantitative estimate of drug-likeness (QED) is 0.516. The highest BCUT2D eigenvalue weighted by Gasteiger charge is 2.20. The Hall–Kier alpha value is -2.19. The van der Waals surface area contributed by atoms with Crippen LogP contribution in [0.15, 0.2) is 58.1 Å². The first-order chi connectivity index (χ1) is 12.7. The van der Waals surface area contributed by atoms with Gasteiger partial charge in [0.2, 0.25) is 10.0 Å². The van der Waals surface area contributed by atoms with Crippen molar-refractivity contribution in [2.45, 2.75) is 19.8 Å². The average molecular weight is 452 g/mol. The number of rotatable bonds is 7. The normalized spacial score (nSPS) is 11.7. The van der Waals surface area contributed by atoms with Crippen LogP contribution in [0.3, 0.4) is 0 Å². The van der Waals surface area contributed by atoms with E-state index >= 15 is 0 Å². The van der Waals surface area contributed by atoms with Crippen LogP contribution < -0.4 is 9.73 Å². The SMILES string of the molecule is CC(C)c1ccc(N(CC(=O)N/N=C\c2ccc(Br)cc2)S(C)(=O)=O)cc1. The zero-order valence-electron chi connectivity index (χ0n) is 15.4. The summed E-state index contributed by atoms with van der Waals surface area (Å²) >= 11 is 3.34. The number of halogens is 1. The van der Waals surface area contributed by atoms with E-state index in [0.29, 0.717) is 11.6 Å². The van der Waals surface area contributed by atoms with Gasteiger partial charge in [-0.2, -0.15) is 5.10 Å². The lowest BCUT2D eigenvalue weighted by Gasteiger charge is -2.21. The molecule has 0 saturated heterocycles. The summed E-state index contributed by atoms with van der Waals surface area (Å²) in [5.41, 5.74) is 4.70. The number of hydrazone groups is 1. The van der Waals surface area contributed by atoms with Gasteiger partial charge in [0.25, 0.3) is 5.91 Å². The fourth-order valence-electron chi connectivity index (χ4n) is 2.32. The summed E-state index contributed by atoms with van der Waals surface area (Å²) < 4.78 is 26.2. The van der Waals surface area contributed by atoms with Crippen molar-refractivity contribution >= 4 is 43.8 Å². The van der Waals surface area contributed by atoms with Crippen molar-refractivity contribution < 1.29 is 13.2 Å². The number of anilines is 1. The Morgan fingerprint density at radius 3 is 2.26 bits per heavy atom. The second-order valence-electron chi connectivity index (χ2n) is 6.36. The highest BCUT2D eigenvalue weighted by molar-refractivity contribution is 9.10. The molecule has 0 aliphatic carbocycles. The molecule has 8 heteroatoms. The third-order valence-electron chi connectivity index (χ3n) is 3.81. The molecule has 0 spiro atoms. The zero-order valence-corrected chi connectivity index (χ0v) is 17.8. The lowest BCUT2D eigenvalue weighted by Crippen LogP contribution is -2.39. The van der Waals surface area contributed by atoms with Gasteiger partial charge < -0.3 is 0 Å². The number of hydrogen-bond acceptors (Lipinski definition) is 4. The molecule has 0 fully saturated rings. The molecule has 2 rings (SSSR count). The summed E-state index contributed by atoms with van der Waals surface area (Å²) in [5.74, 6) is -0.191. The molecular formula is C19H22BrN3O3S. The summed E-state index contributed by atoms with van der Waals surface area (Å²) in [6, 6.07) is 14.5. The Kier molecular flexibility index (Phi) is 7.15. The molecule has 1 amide bonds. The number of carbonyl (C=O) groups is 1. The van der Waals surface area contributed by atoms with Crippen LogP contribution in [-0.2, 0) is 14.8 Å². The van der Waals surface area contributed by atoms with Crippen LogP contribution in [0.2, 0.25) is 0 Å². The predicted octanol–water partition coefficient (Wildman–Crippen LogP) is 3.49. The number of carbonyl (C=O) groups excluding carboxylic acids is 1. The summed E-state index contributed by atoms with van der Waals surface area (Å²) in [6.45, 7) is 3.76. The summed E-state index contributed by atoms with van der Waals surface area (Å²) in [6.07, 6.45) is 2.56. The largest absolute Gasteiger partial charge is 0.271 e. The smallest absolute Gasteiger partial charge is 0.260 e. The molecule has 0 bridgehead atoms. The number of nitrogens with zero attached hydrogens (tertiary/aromatic N) is 2. The molecule has 2 aromatic rings. The van der Waals surface area contributed by atoms with E-state index in [-0.39, 0.29) is 6.54 Å². The molecule has 27 heavy (non-hydrogen) atoms. The van der Waals surface area contributed by atoms with E-state index in [1.54, 1.807) is 12.1 Å². The second kappa shape index (κ2) is 9.14. The topological polar surface area (TPSA) is 78.8 Å². The van der Waals surface area contributed by atoms with Crippen molar-refractivity contribution in [2.24, 2.45) is 5.10 Å². The number of nitrogens with one attached hydrogen (secondary N) is 1. The van der Waals surface area contributed by atoms with Crippen molar-refractivity contribution in [3.05, 3.63) is 64.1 Å². The average Bonchev–Trinajstić information content (AvgIpc) is 2.60. The number of benzene rings is 2. The number of amides is 1. The minimum absolute atomic E-state index is 0.335. The summed E-state index contributed by atoms with van der Waals surface area (Å²) in [4.78, 5) is 12.2. The molecule has 6 nitrogen and oxygen atoms in total. The first kappa shape index (κ1) is 21.1. The molecule has 0 saturated carbocycles. The molecule has 144 valence electrons. The Morgan fingerprint density at radius 2 is 1.74 bits per heavy atom. The van der Waals surface area contributed by atoms with E-state index in [0.717, 1.165) is 26.2 Å². The van der Waals surface area contributed by atoms with Gasteiger partial charge in [-0.15, -0.1) is 0 Å². The monoisotopic (exact) mass is 451 g/mol. The Labute approximate surface area is 168 Å². The van der Waals surface area contributed by atoms with E-state index in [1.165, 1.54) is 6.21 Å². The lowest BCUT2D eigenvalue weighted by atomic mass is 10.0. The molecule has 0 radical (unpaired) electrons. The predicted molar refractivity (Wildman–Crippen MR) is 113 cm³/mol. The molecular weight excluding hydrogens is 430 g/mol. The van der Waals surface area contributed by atoms with Gasteiger partial charge in [0.05, 0.1) is 18.2 Å². The Morgan fingerprint density at radius 1 is 1.15 bits per heavy atom. The van der Waals surface area contributed by atoms with Crippen molar-refractivity contribution in [1.82, 2.24) is 5.43 Å². The highest BCUT2D eigenvalue weighted by atomic mass is 79.9.